The molecule has 0 atom stereocenters. The molecule has 1 aliphatic heterocycles. The first kappa shape index (κ1) is 21.3. The number of alkyl halides is 3. The molecule has 5 nitrogen and oxygen atoms in total. The average molecular weight is 425 g/mol. The number of rotatable bonds is 5. The van der Waals surface area contributed by atoms with Crippen LogP contribution >= 0.6 is 11.3 Å². The third-order valence-electron chi connectivity index (χ3n) is 4.90. The van der Waals surface area contributed by atoms with Crippen LogP contribution in [-0.2, 0) is 22.3 Å². The molecule has 0 aliphatic carbocycles. The monoisotopic (exact) mass is 425 g/mol. The first-order valence-corrected chi connectivity index (χ1v) is 10.3. The van der Waals surface area contributed by atoms with Crippen LogP contribution in [0.15, 0.2) is 41.1 Å². The highest BCUT2D eigenvalue weighted by molar-refractivity contribution is 7.07. The molecule has 3 rings (SSSR count). The number of anilines is 1. The number of carbonyl (C=O) groups is 2. The molecule has 2 N–H and O–H groups in total. The summed E-state index contributed by atoms with van der Waals surface area (Å²) in [6.07, 6.45) is -2.68. The van der Waals surface area contributed by atoms with Crippen molar-refractivity contribution < 1.29 is 22.8 Å². The summed E-state index contributed by atoms with van der Waals surface area (Å²) in [6, 6.07) is 6.30. The Kier molecular flexibility index (Phi) is 6.92. The van der Waals surface area contributed by atoms with E-state index in [1.165, 1.54) is 17.7 Å². The fourth-order valence-electron chi connectivity index (χ4n) is 3.27. The number of piperidine rings is 1. The van der Waals surface area contributed by atoms with Gasteiger partial charge in [-0.3, -0.25) is 14.5 Å². The Morgan fingerprint density at radius 1 is 1.14 bits per heavy atom. The smallest absolute Gasteiger partial charge is 0.348 e. The molecule has 0 saturated carbocycles. The molecule has 0 bridgehead atoms. The van der Waals surface area contributed by atoms with Gasteiger partial charge in [-0.1, -0.05) is 6.07 Å². The number of halogens is 3. The van der Waals surface area contributed by atoms with Gasteiger partial charge in [-0.25, -0.2) is 0 Å². The minimum absolute atomic E-state index is 0.0679. The van der Waals surface area contributed by atoms with Crippen molar-refractivity contribution >= 4 is 28.8 Å². The van der Waals surface area contributed by atoms with Gasteiger partial charge in [-0.15, -0.1) is 0 Å². The minimum atomic E-state index is -4.51. The van der Waals surface area contributed by atoms with Crippen LogP contribution in [0.4, 0.5) is 18.9 Å². The van der Waals surface area contributed by atoms with Crippen LogP contribution in [0.2, 0.25) is 0 Å². The summed E-state index contributed by atoms with van der Waals surface area (Å²) in [6.45, 7) is 3.14. The molecular weight excluding hydrogens is 403 g/mol. The molecule has 1 aromatic heterocycles. The van der Waals surface area contributed by atoms with Gasteiger partial charge in [-0.2, -0.15) is 24.5 Å². The summed E-state index contributed by atoms with van der Waals surface area (Å²) >= 11 is 1.68. The van der Waals surface area contributed by atoms with E-state index in [1.807, 2.05) is 0 Å². The number of carbonyl (C=O) groups excluding carboxylic acids is 2. The lowest BCUT2D eigenvalue weighted by molar-refractivity contribution is -0.137. The summed E-state index contributed by atoms with van der Waals surface area (Å²) in [5.41, 5.74) is 0.347. The first-order chi connectivity index (χ1) is 13.8. The Morgan fingerprint density at radius 3 is 2.55 bits per heavy atom. The van der Waals surface area contributed by atoms with Crippen LogP contribution in [0, 0.1) is 5.92 Å². The fraction of sp³-hybridized carbons (Fsp3) is 0.400. The van der Waals surface area contributed by atoms with E-state index in [0.29, 0.717) is 6.54 Å². The van der Waals surface area contributed by atoms with Crippen molar-refractivity contribution in [1.29, 1.82) is 0 Å². The van der Waals surface area contributed by atoms with Gasteiger partial charge in [-0.05, 0) is 72.4 Å². The maximum atomic E-state index is 12.7. The van der Waals surface area contributed by atoms with Crippen molar-refractivity contribution in [2.75, 3.05) is 25.0 Å². The molecule has 29 heavy (non-hydrogen) atoms. The Morgan fingerprint density at radius 2 is 1.90 bits per heavy atom. The van der Waals surface area contributed by atoms with Crippen molar-refractivity contribution in [3.05, 3.63) is 52.2 Å². The standard InChI is InChI=1S/C20H22F3N3O2S/c21-20(22,23)16-2-1-3-17(10-16)25-19(28)18(27)24-11-14-4-7-26(8-5-14)12-15-6-9-29-13-15/h1-3,6,9-10,13-14H,4-5,7-8,11-12H2,(H,24,27)(H,25,28). The van der Waals surface area contributed by atoms with Crippen LogP contribution in [0.1, 0.15) is 24.0 Å². The summed E-state index contributed by atoms with van der Waals surface area (Å²) < 4.78 is 38.2. The second-order valence-electron chi connectivity index (χ2n) is 7.09. The molecule has 2 heterocycles. The first-order valence-electron chi connectivity index (χ1n) is 9.31. The third-order valence-corrected chi connectivity index (χ3v) is 5.63. The highest BCUT2D eigenvalue weighted by Crippen LogP contribution is 2.30. The molecule has 9 heteroatoms. The number of benzene rings is 1. The van der Waals surface area contributed by atoms with Gasteiger partial charge in [0.05, 0.1) is 5.56 Å². The normalized spacial score (nSPS) is 15.8. The SMILES string of the molecule is O=C(NCC1CCN(Cc2ccsc2)CC1)C(=O)Nc1cccc(C(F)(F)F)c1. The van der Waals surface area contributed by atoms with Crippen LogP contribution in [0.25, 0.3) is 0 Å². The van der Waals surface area contributed by atoms with Crippen LogP contribution in [0.3, 0.4) is 0 Å². The number of thiophene rings is 1. The van der Waals surface area contributed by atoms with Crippen LogP contribution < -0.4 is 10.6 Å². The lowest BCUT2D eigenvalue weighted by Gasteiger charge is -2.31. The second-order valence-corrected chi connectivity index (χ2v) is 7.87. The molecule has 0 radical (unpaired) electrons. The molecule has 1 saturated heterocycles. The van der Waals surface area contributed by atoms with E-state index in [-0.39, 0.29) is 11.6 Å². The zero-order valence-electron chi connectivity index (χ0n) is 15.7. The zero-order chi connectivity index (χ0) is 20.9. The predicted molar refractivity (Wildman–Crippen MR) is 105 cm³/mol. The van der Waals surface area contributed by atoms with E-state index >= 15 is 0 Å². The number of likely N-dealkylation sites (tertiary alicyclic amines) is 1. The van der Waals surface area contributed by atoms with Crippen molar-refractivity contribution in [1.82, 2.24) is 10.2 Å². The van der Waals surface area contributed by atoms with E-state index in [9.17, 15) is 22.8 Å². The quantitative estimate of drug-likeness (QED) is 0.718. The number of nitrogens with zero attached hydrogens (tertiary/aromatic N) is 1. The van der Waals surface area contributed by atoms with Crippen molar-refractivity contribution in [3.63, 3.8) is 0 Å². The Balaban J connectivity index is 1.41. The minimum Gasteiger partial charge on any atom is -0.348 e. The number of amides is 2. The highest BCUT2D eigenvalue weighted by Gasteiger charge is 2.30. The molecular formula is C20H22F3N3O2S. The highest BCUT2D eigenvalue weighted by atomic mass is 32.1. The van der Waals surface area contributed by atoms with E-state index in [2.05, 4.69) is 32.4 Å². The summed E-state index contributed by atoms with van der Waals surface area (Å²) in [7, 11) is 0. The predicted octanol–water partition coefficient (Wildman–Crippen LogP) is 3.73. The molecule has 1 aliphatic rings. The summed E-state index contributed by atoms with van der Waals surface area (Å²) in [4.78, 5) is 26.3. The van der Waals surface area contributed by atoms with E-state index in [1.54, 1.807) is 11.3 Å². The second kappa shape index (κ2) is 9.41. The third kappa shape index (κ3) is 6.30. The van der Waals surface area contributed by atoms with E-state index in [0.717, 1.165) is 44.6 Å². The molecule has 2 amide bonds. The lowest BCUT2D eigenvalue weighted by Crippen LogP contribution is -2.41. The molecule has 156 valence electrons. The van der Waals surface area contributed by atoms with Crippen molar-refractivity contribution in [2.24, 2.45) is 5.92 Å². The van der Waals surface area contributed by atoms with Gasteiger partial charge in [0.15, 0.2) is 0 Å². The molecule has 1 fully saturated rings. The Hall–Kier alpha value is -2.39. The van der Waals surface area contributed by atoms with Crippen LogP contribution in [0.5, 0.6) is 0 Å². The van der Waals surface area contributed by atoms with Gasteiger partial charge in [0.25, 0.3) is 0 Å². The molecule has 2 aromatic rings. The van der Waals surface area contributed by atoms with Gasteiger partial charge < -0.3 is 10.6 Å². The van der Waals surface area contributed by atoms with Crippen LogP contribution in [-0.4, -0.2) is 36.3 Å². The summed E-state index contributed by atoms with van der Waals surface area (Å²) in [5.74, 6) is -1.54. The largest absolute Gasteiger partial charge is 0.416 e. The summed E-state index contributed by atoms with van der Waals surface area (Å²) in [5, 5.41) is 8.99. The van der Waals surface area contributed by atoms with E-state index in [4.69, 9.17) is 0 Å². The molecule has 0 spiro atoms. The van der Waals surface area contributed by atoms with Gasteiger partial charge >= 0.3 is 18.0 Å². The maximum absolute atomic E-state index is 12.7. The Labute approximate surface area is 170 Å². The number of nitrogens with one attached hydrogen (secondary N) is 2. The van der Waals surface area contributed by atoms with Gasteiger partial charge in [0.2, 0.25) is 0 Å². The number of hydrogen-bond acceptors (Lipinski definition) is 4. The maximum Gasteiger partial charge on any atom is 0.416 e. The number of hydrogen-bond donors (Lipinski definition) is 2. The van der Waals surface area contributed by atoms with Crippen molar-refractivity contribution in [3.8, 4) is 0 Å². The van der Waals surface area contributed by atoms with Crippen molar-refractivity contribution in [2.45, 2.75) is 25.6 Å². The zero-order valence-corrected chi connectivity index (χ0v) is 16.5. The molecule has 0 unspecified atom stereocenters. The van der Waals surface area contributed by atoms with Gasteiger partial charge in [0.1, 0.15) is 0 Å². The average Bonchev–Trinajstić information content (AvgIpc) is 3.20. The van der Waals surface area contributed by atoms with Gasteiger partial charge in [0, 0.05) is 18.8 Å². The molecule has 1 aromatic carbocycles. The topological polar surface area (TPSA) is 61.4 Å². The fourth-order valence-corrected chi connectivity index (χ4v) is 3.93. The Bertz CT molecular complexity index is 832. The van der Waals surface area contributed by atoms with E-state index < -0.39 is 23.6 Å². The lowest BCUT2D eigenvalue weighted by atomic mass is 9.96.